The Bertz CT molecular complexity index is 491. The van der Waals surface area contributed by atoms with Crippen molar-refractivity contribution in [1.82, 2.24) is 0 Å². The van der Waals surface area contributed by atoms with Crippen molar-refractivity contribution in [1.29, 1.82) is 0 Å². The molecule has 0 saturated heterocycles. The number of rotatable bonds is 3. The van der Waals surface area contributed by atoms with Crippen LogP contribution in [0.2, 0.25) is 5.02 Å². The maximum absolute atomic E-state index is 12.4. The number of hydrogen-bond donors (Lipinski definition) is 1. The molecule has 2 aliphatic rings. The first-order chi connectivity index (χ1) is 8.63. The lowest BCUT2D eigenvalue weighted by Gasteiger charge is -2.21. The minimum Gasteiger partial charge on any atom is -0.399 e. The summed E-state index contributed by atoms with van der Waals surface area (Å²) in [5.74, 6) is 3.12. The summed E-state index contributed by atoms with van der Waals surface area (Å²) in [6.45, 7) is 0. The fourth-order valence-corrected chi connectivity index (χ4v) is 5.49. The van der Waals surface area contributed by atoms with Gasteiger partial charge in [0.05, 0.1) is 20.7 Å². The van der Waals surface area contributed by atoms with Gasteiger partial charge >= 0.3 is 0 Å². The minimum absolute atomic E-state index is 0.538. The highest BCUT2D eigenvalue weighted by Gasteiger charge is 2.40. The van der Waals surface area contributed by atoms with Crippen molar-refractivity contribution in [2.45, 2.75) is 30.6 Å². The van der Waals surface area contributed by atoms with Gasteiger partial charge in [-0.3, -0.25) is 4.21 Å². The van der Waals surface area contributed by atoms with Crippen molar-refractivity contribution in [2.24, 2.45) is 17.8 Å². The zero-order valence-electron chi connectivity index (χ0n) is 10.3. The van der Waals surface area contributed by atoms with Crippen LogP contribution in [0.15, 0.2) is 23.1 Å². The van der Waals surface area contributed by atoms with Gasteiger partial charge in [-0.15, -0.1) is 0 Å². The average molecular weight is 284 g/mol. The van der Waals surface area contributed by atoms with Crippen LogP contribution < -0.4 is 5.73 Å². The van der Waals surface area contributed by atoms with Gasteiger partial charge in [0.2, 0.25) is 0 Å². The molecule has 1 aromatic rings. The summed E-state index contributed by atoms with van der Waals surface area (Å²) in [7, 11) is -0.982. The fraction of sp³-hybridized carbons (Fsp3) is 0.571. The number of hydrogen-bond acceptors (Lipinski definition) is 2. The SMILES string of the molecule is Nc1ccc(S(=O)CC2CC3CCC2C3)c(Cl)c1. The third-order valence-electron chi connectivity index (χ3n) is 4.45. The van der Waals surface area contributed by atoms with Gasteiger partial charge in [0.15, 0.2) is 0 Å². The lowest BCUT2D eigenvalue weighted by molar-refractivity contribution is 0.363. The molecule has 0 amide bonds. The van der Waals surface area contributed by atoms with Crippen molar-refractivity contribution in [3.8, 4) is 0 Å². The molecule has 0 radical (unpaired) electrons. The number of halogens is 1. The van der Waals surface area contributed by atoms with Crippen LogP contribution in [0.3, 0.4) is 0 Å². The number of nitrogen functional groups attached to an aromatic ring is 1. The van der Waals surface area contributed by atoms with Crippen LogP contribution in [0.1, 0.15) is 25.7 Å². The average Bonchev–Trinajstić information content (AvgIpc) is 2.90. The molecule has 0 aliphatic heterocycles. The second kappa shape index (κ2) is 4.86. The molecule has 2 saturated carbocycles. The molecule has 0 spiro atoms. The smallest absolute Gasteiger partial charge is 0.0587 e. The highest BCUT2D eigenvalue weighted by molar-refractivity contribution is 7.85. The van der Waals surface area contributed by atoms with Crippen LogP contribution in [-0.4, -0.2) is 9.96 Å². The zero-order valence-corrected chi connectivity index (χ0v) is 11.8. The summed E-state index contributed by atoms with van der Waals surface area (Å²) in [6.07, 6.45) is 5.35. The summed E-state index contributed by atoms with van der Waals surface area (Å²) < 4.78 is 12.4. The number of nitrogens with two attached hydrogens (primary N) is 1. The first kappa shape index (κ1) is 12.5. The van der Waals surface area contributed by atoms with Crippen molar-refractivity contribution < 1.29 is 4.21 Å². The van der Waals surface area contributed by atoms with Crippen LogP contribution in [0.4, 0.5) is 5.69 Å². The third-order valence-corrected chi connectivity index (χ3v) is 6.45. The molecule has 1 aromatic carbocycles. The van der Waals surface area contributed by atoms with Gasteiger partial charge < -0.3 is 5.73 Å². The molecule has 0 aromatic heterocycles. The van der Waals surface area contributed by atoms with Crippen molar-refractivity contribution in [2.75, 3.05) is 11.5 Å². The van der Waals surface area contributed by atoms with Gasteiger partial charge in [0, 0.05) is 11.4 Å². The normalized spacial score (nSPS) is 31.7. The maximum atomic E-state index is 12.4. The molecular formula is C14H18ClNOS. The summed E-state index contributed by atoms with van der Waals surface area (Å²) >= 11 is 6.12. The van der Waals surface area contributed by atoms with Crippen LogP contribution >= 0.6 is 11.6 Å². The van der Waals surface area contributed by atoms with Crippen LogP contribution in [0, 0.1) is 17.8 Å². The Labute approximate surface area is 115 Å². The van der Waals surface area contributed by atoms with Crippen molar-refractivity contribution in [3.05, 3.63) is 23.2 Å². The zero-order chi connectivity index (χ0) is 12.7. The molecule has 98 valence electrons. The van der Waals surface area contributed by atoms with Crippen molar-refractivity contribution >= 4 is 28.1 Å². The topological polar surface area (TPSA) is 43.1 Å². The fourth-order valence-electron chi connectivity index (χ4n) is 3.57. The molecule has 2 fully saturated rings. The standard InChI is InChI=1S/C14H18ClNOS/c15-13-7-12(16)3-4-14(13)18(17)8-11-6-9-1-2-10(11)5-9/h3-4,7,9-11H,1-2,5-6,8,16H2. The maximum Gasteiger partial charge on any atom is 0.0587 e. The molecule has 2 aliphatic carbocycles. The minimum atomic E-state index is -0.982. The van der Waals surface area contributed by atoms with Gasteiger partial charge in [-0.2, -0.15) is 0 Å². The number of fused-ring (bicyclic) bond motifs is 2. The molecule has 0 heterocycles. The highest BCUT2D eigenvalue weighted by Crippen LogP contribution is 2.48. The number of anilines is 1. The molecule has 4 atom stereocenters. The first-order valence-electron chi connectivity index (χ1n) is 6.57. The van der Waals surface area contributed by atoms with Crippen molar-refractivity contribution in [3.63, 3.8) is 0 Å². The van der Waals surface area contributed by atoms with Crippen LogP contribution in [0.5, 0.6) is 0 Å². The van der Waals surface area contributed by atoms with E-state index in [1.165, 1.54) is 25.7 Å². The molecule has 2 N–H and O–H groups in total. The predicted octanol–water partition coefficient (Wildman–Crippen LogP) is 3.47. The lowest BCUT2D eigenvalue weighted by atomic mass is 9.90. The molecule has 4 unspecified atom stereocenters. The molecule has 18 heavy (non-hydrogen) atoms. The second-order valence-corrected chi connectivity index (χ2v) is 7.51. The van der Waals surface area contributed by atoms with Gasteiger partial charge in [-0.1, -0.05) is 18.0 Å². The monoisotopic (exact) mass is 283 g/mol. The largest absolute Gasteiger partial charge is 0.399 e. The summed E-state index contributed by atoms with van der Waals surface area (Å²) in [5, 5.41) is 0.538. The van der Waals surface area contributed by atoms with E-state index in [-0.39, 0.29) is 0 Å². The molecular weight excluding hydrogens is 266 g/mol. The Morgan fingerprint density at radius 2 is 2.17 bits per heavy atom. The van der Waals surface area contributed by atoms with E-state index in [9.17, 15) is 4.21 Å². The van der Waals surface area contributed by atoms with Gasteiger partial charge in [-0.05, 0) is 55.2 Å². The Morgan fingerprint density at radius 3 is 2.78 bits per heavy atom. The van der Waals surface area contributed by atoms with E-state index >= 15 is 0 Å². The van der Waals surface area contributed by atoms with Gasteiger partial charge in [-0.25, -0.2) is 0 Å². The van der Waals surface area contributed by atoms with E-state index in [4.69, 9.17) is 17.3 Å². The van der Waals surface area contributed by atoms with E-state index < -0.39 is 10.8 Å². The highest BCUT2D eigenvalue weighted by atomic mass is 35.5. The molecule has 2 bridgehead atoms. The predicted molar refractivity (Wildman–Crippen MR) is 76.1 cm³/mol. The molecule has 3 rings (SSSR count). The Balaban J connectivity index is 1.71. The summed E-state index contributed by atoms with van der Waals surface area (Å²) in [6, 6.07) is 5.27. The Hall–Kier alpha value is -0.540. The van der Waals surface area contributed by atoms with Gasteiger partial charge in [0.1, 0.15) is 0 Å². The van der Waals surface area contributed by atoms with Crippen LogP contribution in [0.25, 0.3) is 0 Å². The van der Waals surface area contributed by atoms with E-state index in [0.29, 0.717) is 16.6 Å². The summed E-state index contributed by atoms with van der Waals surface area (Å²) in [5.41, 5.74) is 6.28. The second-order valence-electron chi connectivity index (χ2n) is 5.64. The van der Waals surface area contributed by atoms with E-state index in [0.717, 1.165) is 22.5 Å². The van der Waals surface area contributed by atoms with Crippen LogP contribution in [-0.2, 0) is 10.8 Å². The van der Waals surface area contributed by atoms with E-state index in [1.54, 1.807) is 18.2 Å². The Kier molecular flexibility index (Phi) is 3.37. The van der Waals surface area contributed by atoms with Gasteiger partial charge in [0.25, 0.3) is 0 Å². The third kappa shape index (κ3) is 2.30. The number of benzene rings is 1. The molecule has 4 heteroatoms. The van der Waals surface area contributed by atoms with E-state index in [1.807, 2.05) is 0 Å². The quantitative estimate of drug-likeness (QED) is 0.863. The lowest BCUT2D eigenvalue weighted by Crippen LogP contribution is -2.18. The Morgan fingerprint density at radius 1 is 1.33 bits per heavy atom. The van der Waals surface area contributed by atoms with E-state index in [2.05, 4.69) is 0 Å². The summed E-state index contributed by atoms with van der Waals surface area (Å²) in [4.78, 5) is 0.744. The molecule has 2 nitrogen and oxygen atoms in total. The first-order valence-corrected chi connectivity index (χ1v) is 8.26.